The fraction of sp³-hybridized carbons (Fsp3) is 0.412. The second-order valence-electron chi connectivity index (χ2n) is 6.18. The number of nitrogens with one attached hydrogen (secondary N) is 2. The van der Waals surface area contributed by atoms with Crippen molar-refractivity contribution in [1.82, 2.24) is 20.6 Å². The van der Waals surface area contributed by atoms with E-state index < -0.39 is 5.91 Å². The van der Waals surface area contributed by atoms with E-state index in [-0.39, 0.29) is 17.2 Å². The zero-order valence-corrected chi connectivity index (χ0v) is 13.5. The lowest BCUT2D eigenvalue weighted by Gasteiger charge is -2.11. The molecule has 1 aliphatic carbocycles. The first-order valence-electron chi connectivity index (χ1n) is 8.11. The van der Waals surface area contributed by atoms with Gasteiger partial charge in [0.25, 0.3) is 11.5 Å². The number of amides is 2. The van der Waals surface area contributed by atoms with Gasteiger partial charge in [-0.1, -0.05) is 31.0 Å². The van der Waals surface area contributed by atoms with Gasteiger partial charge in [-0.3, -0.25) is 25.2 Å². The third-order valence-corrected chi connectivity index (χ3v) is 4.44. The number of aryl methyl sites for hydroxylation is 1. The number of hydrazine groups is 1. The molecule has 7 heteroatoms. The van der Waals surface area contributed by atoms with Crippen molar-refractivity contribution >= 4 is 22.6 Å². The van der Waals surface area contributed by atoms with Crippen LogP contribution in [0.5, 0.6) is 0 Å². The van der Waals surface area contributed by atoms with Crippen LogP contribution < -0.4 is 16.4 Å². The Kier molecular flexibility index (Phi) is 4.59. The minimum absolute atomic E-state index is 0.105. The van der Waals surface area contributed by atoms with Crippen LogP contribution >= 0.6 is 0 Å². The molecular formula is C17H20N4O3. The number of hydrogen-bond acceptors (Lipinski definition) is 4. The average molecular weight is 328 g/mol. The fourth-order valence-electron chi connectivity index (χ4n) is 3.18. The van der Waals surface area contributed by atoms with Gasteiger partial charge in [0.1, 0.15) is 0 Å². The molecular weight excluding hydrogens is 308 g/mol. The quantitative estimate of drug-likeness (QED) is 0.830. The minimum Gasteiger partial charge on any atom is -0.273 e. The summed E-state index contributed by atoms with van der Waals surface area (Å²) in [7, 11) is 1.49. The zero-order chi connectivity index (χ0) is 17.1. The molecule has 0 saturated heterocycles. The van der Waals surface area contributed by atoms with Gasteiger partial charge in [-0.15, -0.1) is 0 Å². The van der Waals surface area contributed by atoms with Crippen LogP contribution in [-0.4, -0.2) is 21.6 Å². The van der Waals surface area contributed by atoms with E-state index in [2.05, 4.69) is 16.0 Å². The molecule has 0 radical (unpaired) electrons. The summed E-state index contributed by atoms with van der Waals surface area (Å²) in [5.41, 5.74) is 4.67. The zero-order valence-electron chi connectivity index (χ0n) is 13.5. The molecule has 2 aromatic rings. The number of rotatable bonds is 3. The molecule has 1 aliphatic rings. The van der Waals surface area contributed by atoms with Crippen molar-refractivity contribution in [2.24, 2.45) is 13.0 Å². The van der Waals surface area contributed by atoms with E-state index in [0.29, 0.717) is 23.1 Å². The van der Waals surface area contributed by atoms with Crippen molar-refractivity contribution in [3.8, 4) is 0 Å². The van der Waals surface area contributed by atoms with Crippen molar-refractivity contribution in [3.63, 3.8) is 0 Å². The van der Waals surface area contributed by atoms with E-state index in [1.807, 2.05) is 0 Å². The summed E-state index contributed by atoms with van der Waals surface area (Å²) in [4.78, 5) is 36.3. The molecule has 126 valence electrons. The van der Waals surface area contributed by atoms with Crippen molar-refractivity contribution in [1.29, 1.82) is 0 Å². The largest absolute Gasteiger partial charge is 0.290 e. The lowest BCUT2D eigenvalue weighted by atomic mass is 10.0. The van der Waals surface area contributed by atoms with Gasteiger partial charge in [0.15, 0.2) is 5.69 Å². The number of benzene rings is 1. The summed E-state index contributed by atoms with van der Waals surface area (Å²) in [5, 5.41) is 4.90. The minimum atomic E-state index is -0.540. The Labute approximate surface area is 139 Å². The van der Waals surface area contributed by atoms with Gasteiger partial charge in [0.05, 0.1) is 5.39 Å². The highest BCUT2D eigenvalue weighted by molar-refractivity contribution is 6.05. The molecule has 7 nitrogen and oxygen atoms in total. The summed E-state index contributed by atoms with van der Waals surface area (Å²) in [5.74, 6) is -0.343. The second-order valence-corrected chi connectivity index (χ2v) is 6.18. The Morgan fingerprint density at radius 1 is 1.17 bits per heavy atom. The maximum atomic E-state index is 12.4. The monoisotopic (exact) mass is 328 g/mol. The van der Waals surface area contributed by atoms with E-state index in [4.69, 9.17) is 0 Å². The van der Waals surface area contributed by atoms with E-state index in [1.54, 1.807) is 24.3 Å². The number of carbonyl (C=O) groups excluding carboxylic acids is 2. The van der Waals surface area contributed by atoms with Crippen molar-refractivity contribution < 1.29 is 9.59 Å². The Balaban J connectivity index is 1.73. The molecule has 0 unspecified atom stereocenters. The fourth-order valence-corrected chi connectivity index (χ4v) is 3.18. The highest BCUT2D eigenvalue weighted by Gasteiger charge is 2.20. The van der Waals surface area contributed by atoms with Crippen molar-refractivity contribution in [3.05, 3.63) is 40.3 Å². The van der Waals surface area contributed by atoms with Crippen LogP contribution in [0, 0.1) is 5.92 Å². The molecule has 24 heavy (non-hydrogen) atoms. The molecule has 2 N–H and O–H groups in total. The van der Waals surface area contributed by atoms with E-state index in [1.165, 1.54) is 7.05 Å². The van der Waals surface area contributed by atoms with Crippen LogP contribution in [0.3, 0.4) is 0 Å². The van der Waals surface area contributed by atoms with Crippen LogP contribution in [0.25, 0.3) is 10.8 Å². The Morgan fingerprint density at radius 2 is 1.83 bits per heavy atom. The number of nitrogens with zero attached hydrogens (tertiary/aromatic N) is 2. The summed E-state index contributed by atoms with van der Waals surface area (Å²) >= 11 is 0. The van der Waals surface area contributed by atoms with E-state index in [9.17, 15) is 14.4 Å². The van der Waals surface area contributed by atoms with Gasteiger partial charge in [-0.2, -0.15) is 5.10 Å². The number of carbonyl (C=O) groups is 2. The number of hydrogen-bond donors (Lipinski definition) is 2. The van der Waals surface area contributed by atoms with Crippen LogP contribution in [0.4, 0.5) is 0 Å². The van der Waals surface area contributed by atoms with Gasteiger partial charge in [-0.05, 0) is 24.8 Å². The van der Waals surface area contributed by atoms with Crippen LogP contribution in [-0.2, 0) is 11.8 Å². The highest BCUT2D eigenvalue weighted by atomic mass is 16.2. The van der Waals surface area contributed by atoms with Gasteiger partial charge in [0.2, 0.25) is 5.91 Å². The first-order chi connectivity index (χ1) is 11.6. The summed E-state index contributed by atoms with van der Waals surface area (Å²) < 4.78 is 1.12. The maximum Gasteiger partial charge on any atom is 0.290 e. The average Bonchev–Trinajstić information content (AvgIpc) is 3.09. The van der Waals surface area contributed by atoms with Gasteiger partial charge < -0.3 is 0 Å². The highest BCUT2D eigenvalue weighted by Crippen LogP contribution is 2.27. The predicted molar refractivity (Wildman–Crippen MR) is 89.2 cm³/mol. The maximum absolute atomic E-state index is 12.4. The molecule has 0 bridgehead atoms. The molecule has 1 saturated carbocycles. The van der Waals surface area contributed by atoms with Crippen LogP contribution in [0.2, 0.25) is 0 Å². The van der Waals surface area contributed by atoms with Crippen molar-refractivity contribution in [2.45, 2.75) is 32.1 Å². The second kappa shape index (κ2) is 6.82. The van der Waals surface area contributed by atoms with Crippen molar-refractivity contribution in [2.75, 3.05) is 0 Å². The molecule has 0 spiro atoms. The normalized spacial score (nSPS) is 14.7. The first kappa shape index (κ1) is 16.2. The molecule has 2 amide bonds. The third kappa shape index (κ3) is 3.29. The molecule has 3 rings (SSSR count). The van der Waals surface area contributed by atoms with Gasteiger partial charge in [0, 0.05) is 18.9 Å². The molecule has 1 heterocycles. The summed E-state index contributed by atoms with van der Waals surface area (Å²) in [6.07, 6.45) is 4.88. The first-order valence-corrected chi connectivity index (χ1v) is 8.11. The molecule has 1 aromatic heterocycles. The van der Waals surface area contributed by atoms with E-state index >= 15 is 0 Å². The smallest absolute Gasteiger partial charge is 0.273 e. The van der Waals surface area contributed by atoms with Gasteiger partial charge >= 0.3 is 0 Å². The molecule has 0 atom stereocenters. The predicted octanol–water partition coefficient (Wildman–Crippen LogP) is 1.27. The number of fused-ring (bicyclic) bond motifs is 1. The van der Waals surface area contributed by atoms with Gasteiger partial charge in [-0.25, -0.2) is 4.68 Å². The number of aromatic nitrogens is 2. The lowest BCUT2D eigenvalue weighted by molar-refractivity contribution is -0.122. The summed E-state index contributed by atoms with van der Waals surface area (Å²) in [6.45, 7) is 0. The SMILES string of the molecule is Cn1nc(C(=O)NNC(=O)CC2CCCC2)c2ccccc2c1=O. The van der Waals surface area contributed by atoms with Crippen LogP contribution in [0.15, 0.2) is 29.1 Å². The summed E-state index contributed by atoms with van der Waals surface area (Å²) in [6, 6.07) is 6.78. The Hall–Kier alpha value is -2.70. The lowest BCUT2D eigenvalue weighted by Crippen LogP contribution is -2.43. The van der Waals surface area contributed by atoms with Crippen LogP contribution in [0.1, 0.15) is 42.6 Å². The standard InChI is InChI=1S/C17H20N4O3/c1-21-17(24)13-9-5-4-8-12(13)15(20-21)16(23)19-18-14(22)10-11-6-2-3-7-11/h4-5,8-9,11H,2-3,6-7,10H2,1H3,(H,18,22)(H,19,23). The third-order valence-electron chi connectivity index (χ3n) is 4.44. The topological polar surface area (TPSA) is 93.1 Å². The Bertz CT molecular complexity index is 837. The van der Waals surface area contributed by atoms with E-state index in [0.717, 1.165) is 30.4 Å². The molecule has 0 aliphatic heterocycles. The molecule has 1 fully saturated rings. The Morgan fingerprint density at radius 3 is 2.54 bits per heavy atom. The molecule has 1 aromatic carbocycles.